The molecule has 0 radical (unpaired) electrons. The third kappa shape index (κ3) is 7.00. The van der Waals surface area contributed by atoms with Gasteiger partial charge < -0.3 is 20.7 Å². The average Bonchev–Trinajstić information content (AvgIpc) is 2.69. The van der Waals surface area contributed by atoms with E-state index in [9.17, 15) is 19.6 Å². The largest absolute Gasteiger partial charge is 0.475 e. The van der Waals surface area contributed by atoms with E-state index in [1.165, 1.54) is 0 Å². The summed E-state index contributed by atoms with van der Waals surface area (Å²) in [5.41, 5.74) is 3.44. The van der Waals surface area contributed by atoms with E-state index in [0.29, 0.717) is 18.4 Å². The van der Waals surface area contributed by atoms with Gasteiger partial charge in [0.1, 0.15) is 6.04 Å². The van der Waals surface area contributed by atoms with Crippen molar-refractivity contribution in [3.8, 4) is 0 Å². The summed E-state index contributed by atoms with van der Waals surface area (Å²) in [5.74, 6) is -1.45. The molecule has 0 saturated carbocycles. The Bertz CT molecular complexity index is 856. The SMILES string of the molecule is Cc1ccc(C(=O)N[C@@H](Cc2ccccc2)C(=O)N[C@@H](CC(C)C)B(O)O)cc1C. The van der Waals surface area contributed by atoms with E-state index in [1.54, 1.807) is 12.1 Å². The lowest BCUT2D eigenvalue weighted by molar-refractivity contribution is -0.123. The van der Waals surface area contributed by atoms with Gasteiger partial charge in [-0.1, -0.05) is 50.2 Å². The van der Waals surface area contributed by atoms with Crippen molar-refractivity contribution in [3.05, 3.63) is 70.8 Å². The highest BCUT2D eigenvalue weighted by Crippen LogP contribution is 2.12. The molecule has 0 aliphatic heterocycles. The summed E-state index contributed by atoms with van der Waals surface area (Å²) >= 11 is 0. The molecule has 2 aromatic carbocycles. The lowest BCUT2D eigenvalue weighted by atomic mass is 9.75. The molecular formula is C23H31BN2O4. The molecule has 0 bridgehead atoms. The van der Waals surface area contributed by atoms with Crippen LogP contribution in [-0.4, -0.2) is 41.0 Å². The smallest absolute Gasteiger partial charge is 0.426 e. The van der Waals surface area contributed by atoms with Gasteiger partial charge in [0.25, 0.3) is 5.91 Å². The van der Waals surface area contributed by atoms with Crippen LogP contribution in [0.15, 0.2) is 48.5 Å². The second kappa shape index (κ2) is 10.9. The predicted molar refractivity (Wildman–Crippen MR) is 119 cm³/mol. The minimum atomic E-state index is -1.68. The van der Waals surface area contributed by atoms with Gasteiger partial charge in [-0.2, -0.15) is 0 Å². The number of nitrogens with one attached hydrogen (secondary N) is 2. The summed E-state index contributed by atoms with van der Waals surface area (Å²) in [5, 5.41) is 24.8. The van der Waals surface area contributed by atoms with Gasteiger partial charge >= 0.3 is 7.12 Å². The molecular weight excluding hydrogens is 379 g/mol. The Balaban J connectivity index is 2.21. The van der Waals surface area contributed by atoms with E-state index in [-0.39, 0.29) is 11.8 Å². The Hall–Kier alpha value is -2.64. The summed E-state index contributed by atoms with van der Waals surface area (Å²) in [6.07, 6.45) is 0.700. The van der Waals surface area contributed by atoms with Crippen LogP contribution >= 0.6 is 0 Å². The van der Waals surface area contributed by atoms with Crippen molar-refractivity contribution in [2.45, 2.75) is 52.5 Å². The maximum Gasteiger partial charge on any atom is 0.475 e. The highest BCUT2D eigenvalue weighted by Gasteiger charge is 2.30. The van der Waals surface area contributed by atoms with Crippen molar-refractivity contribution >= 4 is 18.9 Å². The Morgan fingerprint density at radius 1 is 0.967 bits per heavy atom. The zero-order valence-electron chi connectivity index (χ0n) is 18.1. The summed E-state index contributed by atoms with van der Waals surface area (Å²) in [4.78, 5) is 25.8. The molecule has 0 aromatic heterocycles. The first-order valence-corrected chi connectivity index (χ1v) is 10.3. The second-order valence-corrected chi connectivity index (χ2v) is 8.17. The van der Waals surface area contributed by atoms with Gasteiger partial charge in [-0.25, -0.2) is 0 Å². The number of carbonyl (C=O) groups excluding carboxylic acids is 2. The van der Waals surface area contributed by atoms with Crippen molar-refractivity contribution in [1.82, 2.24) is 10.6 Å². The quantitative estimate of drug-likeness (QED) is 0.477. The fourth-order valence-corrected chi connectivity index (χ4v) is 3.23. The topological polar surface area (TPSA) is 98.7 Å². The van der Waals surface area contributed by atoms with Crippen molar-refractivity contribution in [1.29, 1.82) is 0 Å². The first-order valence-electron chi connectivity index (χ1n) is 10.3. The Kier molecular flexibility index (Phi) is 8.63. The first-order chi connectivity index (χ1) is 14.2. The molecule has 0 aliphatic carbocycles. The number of benzene rings is 2. The normalized spacial score (nSPS) is 12.9. The van der Waals surface area contributed by atoms with Gasteiger partial charge in [0.05, 0.1) is 5.94 Å². The average molecular weight is 410 g/mol. The number of carbonyl (C=O) groups is 2. The van der Waals surface area contributed by atoms with Crippen LogP contribution in [0.2, 0.25) is 0 Å². The van der Waals surface area contributed by atoms with E-state index in [1.807, 2.05) is 64.1 Å². The molecule has 7 heteroatoms. The van der Waals surface area contributed by atoms with E-state index >= 15 is 0 Å². The first kappa shape index (κ1) is 23.6. The molecule has 0 aliphatic rings. The lowest BCUT2D eigenvalue weighted by Crippen LogP contribution is -2.55. The maximum atomic E-state index is 13.0. The van der Waals surface area contributed by atoms with Crippen LogP contribution < -0.4 is 10.6 Å². The molecule has 2 amide bonds. The van der Waals surface area contributed by atoms with Crippen molar-refractivity contribution in [2.75, 3.05) is 0 Å². The number of aryl methyl sites for hydroxylation is 2. The minimum Gasteiger partial charge on any atom is -0.426 e. The van der Waals surface area contributed by atoms with Crippen molar-refractivity contribution in [3.63, 3.8) is 0 Å². The predicted octanol–water partition coefficient (Wildman–Crippen LogP) is 2.19. The summed E-state index contributed by atoms with van der Waals surface area (Å²) in [6, 6.07) is 13.9. The van der Waals surface area contributed by atoms with Gasteiger partial charge in [0.15, 0.2) is 0 Å². The van der Waals surface area contributed by atoms with E-state index in [0.717, 1.165) is 16.7 Å². The Morgan fingerprint density at radius 2 is 1.63 bits per heavy atom. The van der Waals surface area contributed by atoms with Crippen molar-refractivity contribution in [2.24, 2.45) is 5.92 Å². The van der Waals surface area contributed by atoms with Crippen molar-refractivity contribution < 1.29 is 19.6 Å². The molecule has 0 fully saturated rings. The van der Waals surface area contributed by atoms with Gasteiger partial charge in [0.2, 0.25) is 5.91 Å². The van der Waals surface area contributed by atoms with Crippen LogP contribution in [0.25, 0.3) is 0 Å². The number of amides is 2. The lowest BCUT2D eigenvalue weighted by Gasteiger charge is -2.24. The second-order valence-electron chi connectivity index (χ2n) is 8.17. The molecule has 0 unspecified atom stereocenters. The van der Waals surface area contributed by atoms with Crippen LogP contribution in [-0.2, 0) is 11.2 Å². The van der Waals surface area contributed by atoms with Crippen LogP contribution in [0.4, 0.5) is 0 Å². The third-order valence-corrected chi connectivity index (χ3v) is 5.09. The highest BCUT2D eigenvalue weighted by atomic mass is 16.4. The Labute approximate surface area is 178 Å². The summed E-state index contributed by atoms with van der Waals surface area (Å²) < 4.78 is 0. The molecule has 160 valence electrons. The molecule has 2 atom stereocenters. The maximum absolute atomic E-state index is 13.0. The van der Waals surface area contributed by atoms with Gasteiger partial charge in [0, 0.05) is 12.0 Å². The minimum absolute atomic E-state index is 0.162. The molecule has 0 spiro atoms. The van der Waals surface area contributed by atoms with E-state index in [4.69, 9.17) is 0 Å². The zero-order valence-corrected chi connectivity index (χ0v) is 18.1. The van der Waals surface area contributed by atoms with Gasteiger partial charge in [-0.3, -0.25) is 9.59 Å². The van der Waals surface area contributed by atoms with Crippen LogP contribution in [0, 0.1) is 19.8 Å². The monoisotopic (exact) mass is 410 g/mol. The van der Waals surface area contributed by atoms with Crippen LogP contribution in [0.1, 0.15) is 47.3 Å². The van der Waals surface area contributed by atoms with Gasteiger partial charge in [-0.15, -0.1) is 0 Å². The van der Waals surface area contributed by atoms with Crippen LogP contribution in [0.5, 0.6) is 0 Å². The molecule has 4 N–H and O–H groups in total. The number of rotatable bonds is 9. The molecule has 0 saturated heterocycles. The number of hydrogen-bond acceptors (Lipinski definition) is 4. The van der Waals surface area contributed by atoms with E-state index < -0.39 is 25.0 Å². The summed E-state index contributed by atoms with van der Waals surface area (Å²) in [6.45, 7) is 7.77. The van der Waals surface area contributed by atoms with E-state index in [2.05, 4.69) is 10.6 Å². The third-order valence-electron chi connectivity index (χ3n) is 5.09. The Morgan fingerprint density at radius 3 is 2.20 bits per heavy atom. The van der Waals surface area contributed by atoms with Crippen LogP contribution in [0.3, 0.4) is 0 Å². The fraction of sp³-hybridized carbons (Fsp3) is 0.391. The molecule has 6 nitrogen and oxygen atoms in total. The fourth-order valence-electron chi connectivity index (χ4n) is 3.23. The zero-order chi connectivity index (χ0) is 22.3. The molecule has 2 aromatic rings. The highest BCUT2D eigenvalue weighted by molar-refractivity contribution is 6.43. The standard InChI is InChI=1S/C23H31BN2O4/c1-15(2)12-21(24(29)30)26-23(28)20(14-18-8-6-5-7-9-18)25-22(27)19-11-10-16(3)17(4)13-19/h5-11,13,15,20-21,29-30H,12,14H2,1-4H3,(H,25,27)(H,26,28)/t20-,21-/m0/s1. The number of hydrogen-bond donors (Lipinski definition) is 4. The summed E-state index contributed by atoms with van der Waals surface area (Å²) in [7, 11) is -1.68. The molecule has 2 rings (SSSR count). The molecule has 0 heterocycles. The molecule has 30 heavy (non-hydrogen) atoms. The van der Waals surface area contributed by atoms with Gasteiger partial charge in [-0.05, 0) is 55.0 Å².